The molecule has 0 bridgehead atoms. The summed E-state index contributed by atoms with van der Waals surface area (Å²) in [7, 11) is 0. The van der Waals surface area contributed by atoms with Crippen LogP contribution in [0.4, 0.5) is 0 Å². The van der Waals surface area contributed by atoms with Crippen molar-refractivity contribution in [1.82, 2.24) is 0 Å². The summed E-state index contributed by atoms with van der Waals surface area (Å²) in [6, 6.07) is 17.6. The lowest BCUT2D eigenvalue weighted by Gasteiger charge is -2.25. The third-order valence-electron chi connectivity index (χ3n) is 4.16. The van der Waals surface area contributed by atoms with E-state index in [0.717, 1.165) is 23.0 Å². The van der Waals surface area contributed by atoms with E-state index in [1.54, 1.807) is 0 Å². The highest BCUT2D eigenvalue weighted by Crippen LogP contribution is 2.31. The maximum absolute atomic E-state index is 12.5. The van der Waals surface area contributed by atoms with Crippen molar-refractivity contribution in [2.24, 2.45) is 0 Å². The highest BCUT2D eigenvalue weighted by atomic mass is 16.5. The van der Waals surface area contributed by atoms with Gasteiger partial charge in [-0.05, 0) is 29.7 Å². The monoisotopic (exact) mass is 292 g/mol. The van der Waals surface area contributed by atoms with E-state index in [0.29, 0.717) is 18.8 Å². The van der Waals surface area contributed by atoms with E-state index in [1.807, 2.05) is 48.5 Å². The van der Waals surface area contributed by atoms with Gasteiger partial charge in [0.05, 0.1) is 12.7 Å². The smallest absolute Gasteiger partial charge is 0.200 e. The van der Waals surface area contributed by atoms with Crippen molar-refractivity contribution in [2.75, 3.05) is 6.61 Å². The van der Waals surface area contributed by atoms with Crippen LogP contribution in [-0.2, 0) is 11.2 Å². The Labute approximate surface area is 128 Å². The summed E-state index contributed by atoms with van der Waals surface area (Å²) in [5, 5.41) is 0.954. The molecule has 3 heteroatoms. The molecule has 0 radical (unpaired) electrons. The summed E-state index contributed by atoms with van der Waals surface area (Å²) in [6.45, 7) is 0.662. The largest absolute Gasteiger partial charge is 0.453 e. The van der Waals surface area contributed by atoms with Gasteiger partial charge in [0.15, 0.2) is 5.76 Å². The van der Waals surface area contributed by atoms with Crippen LogP contribution in [0.5, 0.6) is 0 Å². The van der Waals surface area contributed by atoms with Gasteiger partial charge in [0, 0.05) is 11.8 Å². The lowest BCUT2D eigenvalue weighted by atomic mass is 9.94. The lowest BCUT2D eigenvalue weighted by molar-refractivity contribution is 0.0344. The number of hydrogen-bond donors (Lipinski definition) is 0. The number of benzene rings is 2. The van der Waals surface area contributed by atoms with Gasteiger partial charge in [-0.15, -0.1) is 0 Å². The average Bonchev–Trinajstić information content (AvgIpc) is 2.99. The van der Waals surface area contributed by atoms with Crippen molar-refractivity contribution in [3.05, 3.63) is 71.5 Å². The molecule has 1 aliphatic rings. The molecule has 0 fully saturated rings. The van der Waals surface area contributed by atoms with Gasteiger partial charge in [-0.2, -0.15) is 0 Å². The molecule has 1 atom stereocenters. The maximum atomic E-state index is 12.5. The van der Waals surface area contributed by atoms with Gasteiger partial charge in [-0.3, -0.25) is 4.79 Å². The van der Waals surface area contributed by atoms with Crippen LogP contribution >= 0.6 is 0 Å². The summed E-state index contributed by atoms with van der Waals surface area (Å²) in [4.78, 5) is 12.5. The number of carbonyl (C=O) groups is 1. The van der Waals surface area contributed by atoms with Crippen LogP contribution in [0.25, 0.3) is 11.0 Å². The van der Waals surface area contributed by atoms with Gasteiger partial charge in [0.1, 0.15) is 5.58 Å². The Hall–Kier alpha value is -2.39. The molecule has 3 nitrogen and oxygen atoms in total. The summed E-state index contributed by atoms with van der Waals surface area (Å²) in [5.41, 5.74) is 3.14. The molecule has 3 aromatic rings. The van der Waals surface area contributed by atoms with E-state index < -0.39 is 0 Å². The van der Waals surface area contributed by atoms with Crippen molar-refractivity contribution in [2.45, 2.75) is 18.9 Å². The lowest BCUT2D eigenvalue weighted by Crippen LogP contribution is -2.19. The van der Waals surface area contributed by atoms with Crippen LogP contribution in [0.3, 0.4) is 0 Å². The van der Waals surface area contributed by atoms with Crippen molar-refractivity contribution in [3.63, 3.8) is 0 Å². The molecule has 0 saturated heterocycles. The Balaban J connectivity index is 1.60. The summed E-state index contributed by atoms with van der Waals surface area (Å²) in [6.07, 6.45) is 1.05. The minimum Gasteiger partial charge on any atom is -0.453 e. The fourth-order valence-corrected chi connectivity index (χ4v) is 3.03. The molecule has 2 heterocycles. The van der Waals surface area contributed by atoms with E-state index in [1.165, 1.54) is 5.56 Å². The summed E-state index contributed by atoms with van der Waals surface area (Å²) in [5.74, 6) is 0.394. The van der Waals surface area contributed by atoms with Crippen LogP contribution in [0.15, 0.2) is 59.0 Å². The Morgan fingerprint density at radius 1 is 1.09 bits per heavy atom. The van der Waals surface area contributed by atoms with Gasteiger partial charge in [0.25, 0.3) is 0 Å². The molecule has 0 spiro atoms. The first-order valence-electron chi connectivity index (χ1n) is 7.52. The van der Waals surface area contributed by atoms with Gasteiger partial charge < -0.3 is 9.15 Å². The molecule has 0 aliphatic carbocycles. The summed E-state index contributed by atoms with van der Waals surface area (Å²) < 4.78 is 11.5. The van der Waals surface area contributed by atoms with Gasteiger partial charge in [-0.25, -0.2) is 0 Å². The van der Waals surface area contributed by atoms with E-state index in [9.17, 15) is 4.79 Å². The Bertz CT molecular complexity index is 798. The molecule has 1 aromatic heterocycles. The van der Waals surface area contributed by atoms with Crippen molar-refractivity contribution in [1.29, 1.82) is 0 Å². The van der Waals surface area contributed by atoms with E-state index in [4.69, 9.17) is 9.15 Å². The predicted molar refractivity (Wildman–Crippen MR) is 84.0 cm³/mol. The molecule has 4 rings (SSSR count). The number of rotatable bonds is 3. The second kappa shape index (κ2) is 5.43. The quantitative estimate of drug-likeness (QED) is 0.675. The number of ketones is 1. The molecular weight excluding hydrogens is 276 g/mol. The predicted octanol–water partition coefficient (Wildman–Crippen LogP) is 4.32. The Kier molecular flexibility index (Phi) is 3.28. The van der Waals surface area contributed by atoms with E-state index in [-0.39, 0.29) is 11.9 Å². The van der Waals surface area contributed by atoms with Crippen LogP contribution in [0.2, 0.25) is 0 Å². The first-order chi connectivity index (χ1) is 10.8. The zero-order valence-corrected chi connectivity index (χ0v) is 12.1. The number of carbonyl (C=O) groups excluding carboxylic acids is 1. The average molecular weight is 292 g/mol. The number of ether oxygens (including phenoxy) is 1. The standard InChI is InChI=1S/C19H16O3/c20-16(19-11-14-6-2-4-8-17(14)22-19)12-18-15-7-3-1-5-13(15)9-10-21-18/h1-8,11,18H,9-10,12H2. The second-order valence-electron chi connectivity index (χ2n) is 5.58. The molecular formula is C19H16O3. The molecule has 0 N–H and O–H groups in total. The fraction of sp³-hybridized carbons (Fsp3) is 0.211. The highest BCUT2D eigenvalue weighted by molar-refractivity contribution is 5.97. The minimum atomic E-state index is -0.175. The number of para-hydroxylation sites is 1. The van der Waals surface area contributed by atoms with E-state index in [2.05, 4.69) is 6.07 Å². The third-order valence-corrected chi connectivity index (χ3v) is 4.16. The molecule has 0 amide bonds. The number of furan rings is 1. The molecule has 1 unspecified atom stereocenters. The molecule has 0 saturated carbocycles. The molecule has 1 aliphatic heterocycles. The number of Topliss-reactive ketones (excluding diaryl/α,β-unsaturated/α-hetero) is 1. The zero-order valence-electron chi connectivity index (χ0n) is 12.1. The van der Waals surface area contributed by atoms with Crippen LogP contribution in [0.1, 0.15) is 34.2 Å². The fourth-order valence-electron chi connectivity index (χ4n) is 3.03. The Morgan fingerprint density at radius 3 is 2.82 bits per heavy atom. The van der Waals surface area contributed by atoms with Crippen molar-refractivity contribution in [3.8, 4) is 0 Å². The van der Waals surface area contributed by atoms with Crippen molar-refractivity contribution >= 4 is 16.8 Å². The molecule has 2 aromatic carbocycles. The van der Waals surface area contributed by atoms with Crippen LogP contribution < -0.4 is 0 Å². The molecule has 22 heavy (non-hydrogen) atoms. The van der Waals surface area contributed by atoms with Gasteiger partial charge >= 0.3 is 0 Å². The zero-order chi connectivity index (χ0) is 14.9. The second-order valence-corrected chi connectivity index (χ2v) is 5.58. The van der Waals surface area contributed by atoms with Crippen LogP contribution in [0, 0.1) is 0 Å². The highest BCUT2D eigenvalue weighted by Gasteiger charge is 2.25. The number of hydrogen-bond acceptors (Lipinski definition) is 3. The van der Waals surface area contributed by atoms with E-state index >= 15 is 0 Å². The topological polar surface area (TPSA) is 39.4 Å². The minimum absolute atomic E-state index is 0.0158. The SMILES string of the molecule is O=C(CC1OCCc2ccccc21)c1cc2ccccc2o1. The first-order valence-corrected chi connectivity index (χ1v) is 7.52. The van der Waals surface area contributed by atoms with Gasteiger partial charge in [-0.1, -0.05) is 42.5 Å². The normalized spacial score (nSPS) is 17.4. The maximum Gasteiger partial charge on any atom is 0.200 e. The van der Waals surface area contributed by atoms with Crippen molar-refractivity contribution < 1.29 is 13.9 Å². The first kappa shape index (κ1) is 13.3. The summed E-state index contributed by atoms with van der Waals surface area (Å²) >= 11 is 0. The Morgan fingerprint density at radius 2 is 1.91 bits per heavy atom. The van der Waals surface area contributed by atoms with Gasteiger partial charge in [0.2, 0.25) is 5.78 Å². The molecule has 110 valence electrons. The van der Waals surface area contributed by atoms with Crippen LogP contribution in [-0.4, -0.2) is 12.4 Å². The third kappa shape index (κ3) is 2.34. The number of fused-ring (bicyclic) bond motifs is 2.